The molecule has 1 aromatic heterocycles. The molecule has 8 nitrogen and oxygen atoms in total. The number of carbonyl (C=O) groups is 1. The second-order valence-corrected chi connectivity index (χ2v) is 14.3. The molecule has 9 heteroatoms. The summed E-state index contributed by atoms with van der Waals surface area (Å²) in [5, 5.41) is 15.6. The molecule has 206 valence electrons. The van der Waals surface area contributed by atoms with Gasteiger partial charge in [-0.1, -0.05) is 18.9 Å². The molecule has 38 heavy (non-hydrogen) atoms. The molecule has 3 fully saturated rings. The van der Waals surface area contributed by atoms with Gasteiger partial charge in [-0.15, -0.1) is 0 Å². The van der Waals surface area contributed by atoms with Gasteiger partial charge >= 0.3 is 0 Å². The van der Waals surface area contributed by atoms with E-state index in [1.165, 1.54) is 12.8 Å². The lowest BCUT2D eigenvalue weighted by Gasteiger charge is -2.34. The van der Waals surface area contributed by atoms with Gasteiger partial charge in [-0.05, 0) is 94.5 Å². The number of anilines is 3. The molecule has 2 aliphatic carbocycles. The molecular formula is C29H40N4O4S. The molecule has 1 spiro atoms. The fourth-order valence-electron chi connectivity index (χ4n) is 5.75. The normalized spacial score (nSPS) is 19.5. The number of piperidine rings is 1. The van der Waals surface area contributed by atoms with Crippen molar-refractivity contribution in [2.75, 3.05) is 35.2 Å². The van der Waals surface area contributed by atoms with Crippen LogP contribution in [-0.2, 0) is 9.84 Å². The Balaban J connectivity index is 1.42. The van der Waals surface area contributed by atoms with E-state index >= 15 is 0 Å². The van der Waals surface area contributed by atoms with E-state index in [0.717, 1.165) is 38.8 Å². The fraction of sp³-hybridized carbons (Fsp3) is 0.586. The van der Waals surface area contributed by atoms with Crippen molar-refractivity contribution in [2.24, 2.45) is 5.41 Å². The van der Waals surface area contributed by atoms with Crippen LogP contribution in [-0.4, -0.2) is 54.9 Å². The molecule has 0 atom stereocenters. The van der Waals surface area contributed by atoms with Gasteiger partial charge in [0.1, 0.15) is 11.6 Å². The highest BCUT2D eigenvalue weighted by Crippen LogP contribution is 2.54. The summed E-state index contributed by atoms with van der Waals surface area (Å²) in [5.74, 6) is 0.894. The number of aliphatic hydroxyl groups is 1. The number of aryl methyl sites for hydroxylation is 1. The van der Waals surface area contributed by atoms with Crippen molar-refractivity contribution < 1.29 is 18.3 Å². The van der Waals surface area contributed by atoms with Crippen LogP contribution in [0.15, 0.2) is 35.2 Å². The number of hydrogen-bond donors (Lipinski definition) is 3. The molecule has 0 unspecified atom stereocenters. The topological polar surface area (TPSA) is 112 Å². The Labute approximate surface area is 226 Å². The van der Waals surface area contributed by atoms with Gasteiger partial charge in [0, 0.05) is 18.8 Å². The maximum atomic E-state index is 13.6. The summed E-state index contributed by atoms with van der Waals surface area (Å²) >= 11 is 0. The van der Waals surface area contributed by atoms with E-state index in [1.807, 2.05) is 13.8 Å². The Hall–Kier alpha value is -2.65. The predicted octanol–water partition coefficient (Wildman–Crippen LogP) is 4.92. The van der Waals surface area contributed by atoms with Crippen molar-refractivity contribution in [1.82, 2.24) is 4.98 Å². The number of hydrogen-bond acceptors (Lipinski definition) is 7. The monoisotopic (exact) mass is 540 g/mol. The molecule has 1 aromatic carbocycles. The van der Waals surface area contributed by atoms with Crippen molar-refractivity contribution in [2.45, 2.75) is 87.8 Å². The maximum absolute atomic E-state index is 13.6. The standard InChI is InChI=1S/C29H40N4O4S/c1-20-8-9-21(18-24(20)38(36,37)22-6-4-5-7-22)30-27(35)23-10-11-25(32-28(2,3)19-34)31-26(23)33-16-14-29(12-13-29)15-17-33/h8-11,18,22,34H,4-7,12-17,19H2,1-3H3,(H,30,35)(H,31,32). The van der Waals surface area contributed by atoms with E-state index in [1.54, 1.807) is 37.3 Å². The summed E-state index contributed by atoms with van der Waals surface area (Å²) in [6.07, 6.45) is 8.02. The van der Waals surface area contributed by atoms with Gasteiger partial charge in [0.2, 0.25) is 0 Å². The summed E-state index contributed by atoms with van der Waals surface area (Å²) in [4.78, 5) is 20.9. The minimum Gasteiger partial charge on any atom is -0.394 e. The number of pyridine rings is 1. The van der Waals surface area contributed by atoms with E-state index < -0.39 is 15.4 Å². The molecule has 3 N–H and O–H groups in total. The van der Waals surface area contributed by atoms with Gasteiger partial charge in [-0.3, -0.25) is 4.79 Å². The molecule has 1 aliphatic heterocycles. The highest BCUT2D eigenvalue weighted by atomic mass is 32.2. The van der Waals surface area contributed by atoms with E-state index in [2.05, 4.69) is 15.5 Å². The van der Waals surface area contributed by atoms with Crippen LogP contribution in [0.5, 0.6) is 0 Å². The van der Waals surface area contributed by atoms with Crippen LogP contribution >= 0.6 is 0 Å². The average Bonchev–Trinajstić information content (AvgIpc) is 3.39. The number of nitrogens with one attached hydrogen (secondary N) is 2. The molecule has 3 aliphatic rings. The molecular weight excluding hydrogens is 500 g/mol. The van der Waals surface area contributed by atoms with Crippen molar-refractivity contribution in [1.29, 1.82) is 0 Å². The first kappa shape index (κ1) is 26.9. The van der Waals surface area contributed by atoms with Gasteiger partial charge in [-0.25, -0.2) is 13.4 Å². The van der Waals surface area contributed by atoms with Gasteiger partial charge < -0.3 is 20.6 Å². The number of benzene rings is 1. The zero-order valence-corrected chi connectivity index (χ0v) is 23.5. The smallest absolute Gasteiger partial charge is 0.259 e. The summed E-state index contributed by atoms with van der Waals surface area (Å²) in [6.45, 7) is 7.21. The number of rotatable bonds is 8. The minimum absolute atomic E-state index is 0.0575. The average molecular weight is 541 g/mol. The first-order valence-corrected chi connectivity index (χ1v) is 15.4. The highest BCUT2D eigenvalue weighted by Gasteiger charge is 2.45. The number of carbonyl (C=O) groups excluding carboxylic acids is 1. The number of aromatic nitrogens is 1. The largest absolute Gasteiger partial charge is 0.394 e. The predicted molar refractivity (Wildman–Crippen MR) is 151 cm³/mol. The van der Waals surface area contributed by atoms with E-state index in [-0.39, 0.29) is 17.8 Å². The van der Waals surface area contributed by atoms with Gasteiger partial charge in [0.25, 0.3) is 5.91 Å². The van der Waals surface area contributed by atoms with Crippen molar-refractivity contribution in [3.63, 3.8) is 0 Å². The summed E-state index contributed by atoms with van der Waals surface area (Å²) in [5.41, 5.74) is 1.53. The second kappa shape index (κ2) is 10.2. The Morgan fingerprint density at radius 3 is 2.42 bits per heavy atom. The van der Waals surface area contributed by atoms with Crippen molar-refractivity contribution in [3.05, 3.63) is 41.5 Å². The van der Waals surface area contributed by atoms with Gasteiger partial charge in [-0.2, -0.15) is 0 Å². The Morgan fingerprint density at radius 2 is 1.79 bits per heavy atom. The molecule has 2 heterocycles. The maximum Gasteiger partial charge on any atom is 0.259 e. The Bertz CT molecular complexity index is 1300. The van der Waals surface area contributed by atoms with E-state index in [9.17, 15) is 18.3 Å². The third kappa shape index (κ3) is 5.54. The van der Waals surface area contributed by atoms with Crippen LogP contribution in [0.4, 0.5) is 17.3 Å². The van der Waals surface area contributed by atoms with Crippen LogP contribution < -0.4 is 15.5 Å². The number of sulfone groups is 1. The van der Waals surface area contributed by atoms with Crippen LogP contribution in [0, 0.1) is 12.3 Å². The van der Waals surface area contributed by atoms with Gasteiger partial charge in [0.05, 0.1) is 27.9 Å². The van der Waals surface area contributed by atoms with Gasteiger partial charge in [0.15, 0.2) is 9.84 Å². The number of nitrogens with zero attached hydrogens (tertiary/aromatic N) is 2. The molecule has 1 saturated heterocycles. The Morgan fingerprint density at radius 1 is 1.11 bits per heavy atom. The molecule has 5 rings (SSSR count). The van der Waals surface area contributed by atoms with Crippen LogP contribution in [0.1, 0.15) is 81.1 Å². The van der Waals surface area contributed by atoms with Crippen molar-refractivity contribution >= 4 is 33.1 Å². The lowest BCUT2D eigenvalue weighted by Crippen LogP contribution is -2.38. The summed E-state index contributed by atoms with van der Waals surface area (Å²) in [7, 11) is -3.45. The fourth-order valence-corrected chi connectivity index (χ4v) is 7.87. The summed E-state index contributed by atoms with van der Waals surface area (Å²) < 4.78 is 26.6. The number of amides is 1. The lowest BCUT2D eigenvalue weighted by molar-refractivity contribution is 0.102. The summed E-state index contributed by atoms with van der Waals surface area (Å²) in [6, 6.07) is 8.64. The second-order valence-electron chi connectivity index (χ2n) is 12.1. The van der Waals surface area contributed by atoms with Crippen LogP contribution in [0.2, 0.25) is 0 Å². The lowest BCUT2D eigenvalue weighted by atomic mass is 9.93. The molecule has 0 radical (unpaired) electrons. The zero-order valence-electron chi connectivity index (χ0n) is 22.7. The third-order valence-electron chi connectivity index (χ3n) is 8.56. The van der Waals surface area contributed by atoms with E-state index in [4.69, 9.17) is 4.98 Å². The third-order valence-corrected chi connectivity index (χ3v) is 11.0. The Kier molecular flexibility index (Phi) is 7.20. The zero-order chi connectivity index (χ0) is 27.1. The molecule has 1 amide bonds. The SMILES string of the molecule is Cc1ccc(NC(=O)c2ccc(NC(C)(C)CO)nc2N2CCC3(CC2)CC3)cc1S(=O)(=O)C1CCCC1. The van der Waals surface area contributed by atoms with Crippen LogP contribution in [0.25, 0.3) is 0 Å². The first-order chi connectivity index (χ1) is 18.0. The number of aliphatic hydroxyl groups excluding tert-OH is 1. The highest BCUT2D eigenvalue weighted by molar-refractivity contribution is 7.92. The molecule has 2 saturated carbocycles. The molecule has 2 aromatic rings. The minimum atomic E-state index is -3.45. The quantitative estimate of drug-likeness (QED) is 0.436. The molecule has 0 bridgehead atoms. The van der Waals surface area contributed by atoms with Crippen molar-refractivity contribution in [3.8, 4) is 0 Å². The first-order valence-electron chi connectivity index (χ1n) is 13.8. The van der Waals surface area contributed by atoms with Crippen LogP contribution in [0.3, 0.4) is 0 Å². The van der Waals surface area contributed by atoms with E-state index in [0.29, 0.717) is 51.6 Å².